The van der Waals surface area contributed by atoms with E-state index < -0.39 is 54.3 Å². The highest BCUT2D eigenvalue weighted by Gasteiger charge is 2.28. The smallest absolute Gasteiger partial charge is 0.243 e. The molecule has 0 radical (unpaired) electrons. The number of likely N-dealkylation sites (N-methyl/N-ethyl adjacent to an activating group) is 1. The van der Waals surface area contributed by atoms with Crippen LogP contribution in [0.2, 0.25) is 0 Å². The van der Waals surface area contributed by atoms with Crippen LogP contribution in [0.4, 0.5) is 0 Å². The number of nitrogens with two attached hydrogens (primary N) is 1. The SMILES string of the molecule is CNC(=O)[C@H](CCSC)NC(=O)[C@H](CC(C)C)NC(=O)CNC(=O)[C@H](Cc1ccccc1)NC(=O)[C@@H](N)Cc1ccccc1. The maximum atomic E-state index is 13.2. The van der Waals surface area contributed by atoms with Crippen molar-refractivity contribution in [2.24, 2.45) is 11.7 Å². The molecule has 240 valence electrons. The van der Waals surface area contributed by atoms with Gasteiger partial charge in [-0.3, -0.25) is 24.0 Å². The Morgan fingerprint density at radius 1 is 0.727 bits per heavy atom. The van der Waals surface area contributed by atoms with E-state index in [0.29, 0.717) is 25.0 Å². The van der Waals surface area contributed by atoms with Gasteiger partial charge in [0.25, 0.3) is 0 Å². The number of hydrogen-bond acceptors (Lipinski definition) is 7. The minimum atomic E-state index is -0.987. The Morgan fingerprint density at radius 2 is 1.30 bits per heavy atom. The van der Waals surface area contributed by atoms with Crippen LogP contribution in [0.1, 0.15) is 37.8 Å². The van der Waals surface area contributed by atoms with Crippen LogP contribution in [0.5, 0.6) is 0 Å². The third kappa shape index (κ3) is 13.2. The van der Waals surface area contributed by atoms with E-state index in [-0.39, 0.29) is 18.2 Å². The third-order valence-corrected chi connectivity index (χ3v) is 7.47. The molecule has 0 unspecified atom stereocenters. The monoisotopic (exact) mass is 626 g/mol. The molecule has 0 saturated carbocycles. The van der Waals surface area contributed by atoms with Gasteiger partial charge in [-0.05, 0) is 48.3 Å². The molecule has 2 aromatic rings. The highest BCUT2D eigenvalue weighted by Crippen LogP contribution is 2.08. The molecule has 0 heterocycles. The Kier molecular flexibility index (Phi) is 16.0. The highest BCUT2D eigenvalue weighted by molar-refractivity contribution is 7.98. The average Bonchev–Trinajstić information content (AvgIpc) is 3.01. The first kappa shape index (κ1) is 36.3. The first-order valence-corrected chi connectivity index (χ1v) is 16.1. The van der Waals surface area contributed by atoms with Crippen LogP contribution in [0, 0.1) is 5.92 Å². The van der Waals surface area contributed by atoms with Crippen molar-refractivity contribution in [2.75, 3.05) is 25.6 Å². The zero-order valence-corrected chi connectivity index (χ0v) is 26.7. The lowest BCUT2D eigenvalue weighted by atomic mass is 10.0. The molecule has 0 bridgehead atoms. The standard InChI is InChI=1S/C32H46N6O5S/c1-21(2)17-26(32(43)37-25(15-16-44-4)30(41)34-3)36-28(39)20-35-31(42)27(19-23-13-9-6-10-14-23)38-29(40)24(33)18-22-11-7-5-8-12-22/h5-14,21,24-27H,15-20,33H2,1-4H3,(H,34,41)(H,35,42)(H,36,39)(H,37,43)(H,38,40)/t24-,25-,26-,27-/m0/s1. The number of thioether (sulfide) groups is 1. The molecule has 0 aliphatic rings. The number of hydrogen-bond donors (Lipinski definition) is 6. The van der Waals surface area contributed by atoms with Crippen LogP contribution in [0.3, 0.4) is 0 Å². The van der Waals surface area contributed by atoms with Crippen molar-refractivity contribution in [3.8, 4) is 0 Å². The van der Waals surface area contributed by atoms with Gasteiger partial charge < -0.3 is 32.3 Å². The summed E-state index contributed by atoms with van der Waals surface area (Å²) in [5, 5.41) is 13.3. The van der Waals surface area contributed by atoms with Gasteiger partial charge in [-0.25, -0.2) is 0 Å². The van der Waals surface area contributed by atoms with Crippen LogP contribution >= 0.6 is 11.8 Å². The molecule has 0 aliphatic carbocycles. The van der Waals surface area contributed by atoms with Gasteiger partial charge in [0.15, 0.2) is 0 Å². The lowest BCUT2D eigenvalue weighted by Gasteiger charge is -2.24. The van der Waals surface area contributed by atoms with Gasteiger partial charge in [-0.1, -0.05) is 74.5 Å². The number of rotatable bonds is 18. The van der Waals surface area contributed by atoms with Crippen LogP contribution in [-0.2, 0) is 36.8 Å². The van der Waals surface area contributed by atoms with E-state index in [1.807, 2.05) is 80.8 Å². The molecule has 44 heavy (non-hydrogen) atoms. The lowest BCUT2D eigenvalue weighted by Crippen LogP contribution is -2.56. The van der Waals surface area contributed by atoms with Gasteiger partial charge >= 0.3 is 0 Å². The van der Waals surface area contributed by atoms with E-state index in [2.05, 4.69) is 26.6 Å². The van der Waals surface area contributed by atoms with Crippen molar-refractivity contribution >= 4 is 41.3 Å². The second-order valence-corrected chi connectivity index (χ2v) is 12.0. The number of carbonyl (C=O) groups is 5. The van der Waals surface area contributed by atoms with Gasteiger partial charge in [0.05, 0.1) is 12.6 Å². The van der Waals surface area contributed by atoms with Crippen molar-refractivity contribution < 1.29 is 24.0 Å². The first-order chi connectivity index (χ1) is 21.0. The fourth-order valence-electron chi connectivity index (χ4n) is 4.49. The summed E-state index contributed by atoms with van der Waals surface area (Å²) in [7, 11) is 1.50. The van der Waals surface area contributed by atoms with Gasteiger partial charge in [-0.15, -0.1) is 0 Å². The predicted molar refractivity (Wildman–Crippen MR) is 174 cm³/mol. The highest BCUT2D eigenvalue weighted by atomic mass is 32.2. The molecule has 2 aromatic carbocycles. The fraction of sp³-hybridized carbons (Fsp3) is 0.469. The summed E-state index contributed by atoms with van der Waals surface area (Å²) in [6.45, 7) is 3.42. The van der Waals surface area contributed by atoms with Crippen molar-refractivity contribution in [3.63, 3.8) is 0 Å². The van der Waals surface area contributed by atoms with Crippen molar-refractivity contribution in [1.82, 2.24) is 26.6 Å². The minimum Gasteiger partial charge on any atom is -0.357 e. The fourth-order valence-corrected chi connectivity index (χ4v) is 4.96. The largest absolute Gasteiger partial charge is 0.357 e. The summed E-state index contributed by atoms with van der Waals surface area (Å²) < 4.78 is 0. The Hall–Kier alpha value is -3.90. The summed E-state index contributed by atoms with van der Waals surface area (Å²) in [5.74, 6) is -1.69. The lowest BCUT2D eigenvalue weighted by molar-refractivity contribution is -0.133. The zero-order valence-electron chi connectivity index (χ0n) is 25.9. The van der Waals surface area contributed by atoms with Crippen molar-refractivity contribution in [3.05, 3.63) is 71.8 Å². The Labute approximate surface area is 264 Å². The summed E-state index contributed by atoms with van der Waals surface area (Å²) in [6, 6.07) is 15.0. The zero-order chi connectivity index (χ0) is 32.5. The second kappa shape index (κ2) is 19.4. The number of benzene rings is 2. The molecule has 7 N–H and O–H groups in total. The maximum absolute atomic E-state index is 13.2. The minimum absolute atomic E-state index is 0.0656. The molecular weight excluding hydrogens is 580 g/mol. The van der Waals surface area contributed by atoms with E-state index in [1.54, 1.807) is 11.8 Å². The van der Waals surface area contributed by atoms with E-state index >= 15 is 0 Å². The topological polar surface area (TPSA) is 172 Å². The van der Waals surface area contributed by atoms with E-state index in [9.17, 15) is 24.0 Å². The molecule has 0 saturated heterocycles. The summed E-state index contributed by atoms with van der Waals surface area (Å²) >= 11 is 1.56. The second-order valence-electron chi connectivity index (χ2n) is 11.0. The van der Waals surface area contributed by atoms with Crippen molar-refractivity contribution in [2.45, 2.75) is 63.7 Å². The number of carbonyl (C=O) groups excluding carboxylic acids is 5. The quantitative estimate of drug-likeness (QED) is 0.143. The van der Waals surface area contributed by atoms with Gasteiger partial charge in [0.1, 0.15) is 18.1 Å². The molecule has 0 aromatic heterocycles. The Balaban J connectivity index is 2.06. The van der Waals surface area contributed by atoms with E-state index in [4.69, 9.17) is 5.73 Å². The van der Waals surface area contributed by atoms with Crippen LogP contribution in [0.15, 0.2) is 60.7 Å². The first-order valence-electron chi connectivity index (χ1n) is 14.8. The summed E-state index contributed by atoms with van der Waals surface area (Å²) in [6.07, 6.45) is 3.17. The molecule has 4 atom stereocenters. The molecule has 11 nitrogen and oxygen atoms in total. The third-order valence-electron chi connectivity index (χ3n) is 6.82. The molecule has 0 fully saturated rings. The number of nitrogens with one attached hydrogen (secondary N) is 5. The molecular formula is C32H46N6O5S. The molecule has 5 amide bonds. The van der Waals surface area contributed by atoms with Crippen LogP contribution in [0.25, 0.3) is 0 Å². The predicted octanol–water partition coefficient (Wildman–Crippen LogP) is 0.915. The Bertz CT molecular complexity index is 1210. The normalized spacial score (nSPS) is 13.6. The summed E-state index contributed by atoms with van der Waals surface area (Å²) in [4.78, 5) is 64.5. The molecule has 0 spiro atoms. The van der Waals surface area contributed by atoms with Crippen LogP contribution < -0.4 is 32.3 Å². The maximum Gasteiger partial charge on any atom is 0.243 e. The molecule has 12 heteroatoms. The Morgan fingerprint density at radius 3 is 1.84 bits per heavy atom. The molecule has 2 rings (SSSR count). The number of amides is 5. The molecule has 0 aliphatic heterocycles. The average molecular weight is 627 g/mol. The van der Waals surface area contributed by atoms with E-state index in [1.165, 1.54) is 7.05 Å². The van der Waals surface area contributed by atoms with Gasteiger partial charge in [-0.2, -0.15) is 11.8 Å². The van der Waals surface area contributed by atoms with Gasteiger partial charge in [0, 0.05) is 13.5 Å². The van der Waals surface area contributed by atoms with Gasteiger partial charge in [0.2, 0.25) is 29.5 Å². The van der Waals surface area contributed by atoms with E-state index in [0.717, 1.165) is 11.1 Å². The van der Waals surface area contributed by atoms with Crippen LogP contribution in [-0.4, -0.2) is 79.3 Å². The summed E-state index contributed by atoms with van der Waals surface area (Å²) in [5.41, 5.74) is 7.86. The van der Waals surface area contributed by atoms with Crippen molar-refractivity contribution in [1.29, 1.82) is 0 Å².